The van der Waals surface area contributed by atoms with Crippen LogP contribution in [0, 0.1) is 5.82 Å². The predicted octanol–water partition coefficient (Wildman–Crippen LogP) is 4.00. The van der Waals surface area contributed by atoms with E-state index in [1.165, 1.54) is 12.1 Å². The van der Waals surface area contributed by atoms with Gasteiger partial charge >= 0.3 is 0 Å². The first-order valence-corrected chi connectivity index (χ1v) is 9.04. The Morgan fingerprint density at radius 3 is 2.41 bits per heavy atom. The zero-order valence-electron chi connectivity index (χ0n) is 15.5. The monoisotopic (exact) mass is 368 g/mol. The van der Waals surface area contributed by atoms with Gasteiger partial charge in [-0.05, 0) is 29.7 Å². The quantitative estimate of drug-likeness (QED) is 0.680. The van der Waals surface area contributed by atoms with Gasteiger partial charge in [-0.2, -0.15) is 0 Å². The fourth-order valence-corrected chi connectivity index (χ4v) is 2.85. The molecule has 0 bridgehead atoms. The van der Waals surface area contributed by atoms with Gasteiger partial charge in [-0.15, -0.1) is 6.58 Å². The minimum Gasteiger partial charge on any atom is -0.351 e. The minimum absolute atomic E-state index is 0.121. The second-order valence-electron chi connectivity index (χ2n) is 6.25. The van der Waals surface area contributed by atoms with Crippen molar-refractivity contribution in [1.82, 2.24) is 10.2 Å². The zero-order valence-corrected chi connectivity index (χ0v) is 15.5. The lowest BCUT2D eigenvalue weighted by Gasteiger charge is -2.31. The molecule has 2 aromatic carbocycles. The van der Waals surface area contributed by atoms with Crippen molar-refractivity contribution in [3.8, 4) is 0 Å². The standard InChI is InChI=1S/C22H25FN2O2/c1-3-8-20(26)25(16-17-11-13-19(23)14-12-17)21(22(27)24-15-4-2)18-9-6-5-7-10-18/h4-7,9-14,21H,2-3,8,15-16H2,1H3,(H,24,27)/t21-/m0/s1. The topological polar surface area (TPSA) is 49.4 Å². The number of carbonyl (C=O) groups excluding carboxylic acids is 2. The van der Waals surface area contributed by atoms with Crippen molar-refractivity contribution in [2.75, 3.05) is 6.54 Å². The first-order chi connectivity index (χ1) is 13.1. The minimum atomic E-state index is -0.768. The van der Waals surface area contributed by atoms with E-state index in [9.17, 15) is 14.0 Å². The molecule has 4 nitrogen and oxygen atoms in total. The van der Waals surface area contributed by atoms with E-state index in [1.54, 1.807) is 23.1 Å². The highest BCUT2D eigenvalue weighted by molar-refractivity contribution is 5.88. The summed E-state index contributed by atoms with van der Waals surface area (Å²) in [7, 11) is 0. The molecule has 1 atom stereocenters. The third kappa shape index (κ3) is 5.78. The molecule has 0 saturated carbocycles. The molecule has 0 unspecified atom stereocenters. The van der Waals surface area contributed by atoms with Gasteiger partial charge in [0.15, 0.2) is 0 Å². The number of amides is 2. The predicted molar refractivity (Wildman–Crippen MR) is 104 cm³/mol. The number of rotatable bonds is 9. The summed E-state index contributed by atoms with van der Waals surface area (Å²) in [5.74, 6) is -0.731. The Labute approximate surface area is 159 Å². The van der Waals surface area contributed by atoms with Crippen molar-refractivity contribution >= 4 is 11.8 Å². The summed E-state index contributed by atoms with van der Waals surface area (Å²) in [5.41, 5.74) is 1.49. The number of nitrogens with one attached hydrogen (secondary N) is 1. The molecular weight excluding hydrogens is 343 g/mol. The van der Waals surface area contributed by atoms with Gasteiger partial charge in [0.25, 0.3) is 0 Å². The van der Waals surface area contributed by atoms with Gasteiger partial charge < -0.3 is 10.2 Å². The molecule has 0 aliphatic rings. The van der Waals surface area contributed by atoms with Gasteiger partial charge in [0, 0.05) is 19.5 Å². The van der Waals surface area contributed by atoms with Gasteiger partial charge in [-0.3, -0.25) is 9.59 Å². The van der Waals surface area contributed by atoms with Crippen LogP contribution in [0.1, 0.15) is 36.9 Å². The third-order valence-corrected chi connectivity index (χ3v) is 4.15. The van der Waals surface area contributed by atoms with Crippen molar-refractivity contribution in [3.63, 3.8) is 0 Å². The second kappa shape index (κ2) is 10.3. The Kier molecular flexibility index (Phi) is 7.74. The lowest BCUT2D eigenvalue weighted by Crippen LogP contribution is -2.43. The average molecular weight is 368 g/mol. The number of hydrogen-bond donors (Lipinski definition) is 1. The first kappa shape index (κ1) is 20.4. The molecule has 0 saturated heterocycles. The van der Waals surface area contributed by atoms with E-state index in [0.717, 1.165) is 11.1 Å². The Morgan fingerprint density at radius 1 is 1.15 bits per heavy atom. The van der Waals surface area contributed by atoms with E-state index >= 15 is 0 Å². The summed E-state index contributed by atoms with van der Waals surface area (Å²) in [6, 6.07) is 14.4. The molecule has 2 aromatic rings. The Hall–Kier alpha value is -2.95. The van der Waals surface area contributed by atoms with E-state index < -0.39 is 6.04 Å². The summed E-state index contributed by atoms with van der Waals surface area (Å²) in [6.07, 6.45) is 2.60. The third-order valence-electron chi connectivity index (χ3n) is 4.15. The fraction of sp³-hybridized carbons (Fsp3) is 0.273. The van der Waals surface area contributed by atoms with E-state index in [2.05, 4.69) is 11.9 Å². The van der Waals surface area contributed by atoms with E-state index in [0.29, 0.717) is 19.4 Å². The molecule has 0 radical (unpaired) electrons. The maximum atomic E-state index is 13.2. The van der Waals surface area contributed by atoms with Crippen LogP contribution in [0.25, 0.3) is 0 Å². The van der Waals surface area contributed by atoms with Crippen LogP contribution in [-0.2, 0) is 16.1 Å². The zero-order chi connectivity index (χ0) is 19.6. The first-order valence-electron chi connectivity index (χ1n) is 9.04. The molecule has 142 valence electrons. The van der Waals surface area contributed by atoms with Gasteiger partial charge in [-0.1, -0.05) is 55.5 Å². The molecule has 0 spiro atoms. The number of hydrogen-bond acceptors (Lipinski definition) is 2. The van der Waals surface area contributed by atoms with Crippen LogP contribution < -0.4 is 5.32 Å². The summed E-state index contributed by atoms with van der Waals surface area (Å²) in [4.78, 5) is 27.3. The Balaban J connectivity index is 2.41. The molecule has 0 aliphatic heterocycles. The van der Waals surface area contributed by atoms with Crippen molar-refractivity contribution in [1.29, 1.82) is 0 Å². The Morgan fingerprint density at radius 2 is 1.81 bits per heavy atom. The molecule has 0 heterocycles. The maximum absolute atomic E-state index is 13.2. The van der Waals surface area contributed by atoms with Crippen LogP contribution in [-0.4, -0.2) is 23.3 Å². The van der Waals surface area contributed by atoms with Crippen molar-refractivity contribution in [3.05, 3.63) is 84.2 Å². The molecule has 2 rings (SSSR count). The van der Waals surface area contributed by atoms with Crippen molar-refractivity contribution < 1.29 is 14.0 Å². The molecule has 1 N–H and O–H groups in total. The summed E-state index contributed by atoms with van der Waals surface area (Å²) < 4.78 is 13.2. The smallest absolute Gasteiger partial charge is 0.247 e. The highest BCUT2D eigenvalue weighted by Crippen LogP contribution is 2.25. The molecule has 27 heavy (non-hydrogen) atoms. The number of halogens is 1. The largest absolute Gasteiger partial charge is 0.351 e. The maximum Gasteiger partial charge on any atom is 0.247 e. The number of benzene rings is 2. The van der Waals surface area contributed by atoms with Crippen LogP contribution >= 0.6 is 0 Å². The number of carbonyl (C=O) groups is 2. The van der Waals surface area contributed by atoms with Gasteiger partial charge in [0.05, 0.1) is 0 Å². The second-order valence-corrected chi connectivity index (χ2v) is 6.25. The van der Waals surface area contributed by atoms with E-state index in [-0.39, 0.29) is 24.2 Å². The normalized spacial score (nSPS) is 11.5. The highest BCUT2D eigenvalue weighted by atomic mass is 19.1. The summed E-state index contributed by atoms with van der Waals surface area (Å²) in [6.45, 7) is 6.08. The average Bonchev–Trinajstić information content (AvgIpc) is 2.68. The van der Waals surface area contributed by atoms with Crippen LogP contribution in [0.3, 0.4) is 0 Å². The van der Waals surface area contributed by atoms with Crippen LogP contribution in [0.15, 0.2) is 67.3 Å². The Bertz CT molecular complexity index is 760. The molecular formula is C22H25FN2O2. The van der Waals surface area contributed by atoms with Crippen LogP contribution in [0.4, 0.5) is 4.39 Å². The van der Waals surface area contributed by atoms with E-state index in [1.807, 2.05) is 37.3 Å². The number of nitrogens with zero attached hydrogens (tertiary/aromatic N) is 1. The lowest BCUT2D eigenvalue weighted by molar-refractivity contribution is -0.141. The van der Waals surface area contributed by atoms with Gasteiger partial charge in [0.1, 0.15) is 11.9 Å². The van der Waals surface area contributed by atoms with Crippen molar-refractivity contribution in [2.24, 2.45) is 0 Å². The van der Waals surface area contributed by atoms with Gasteiger partial charge in [-0.25, -0.2) is 4.39 Å². The molecule has 5 heteroatoms. The van der Waals surface area contributed by atoms with Gasteiger partial charge in [0.2, 0.25) is 11.8 Å². The molecule has 0 aromatic heterocycles. The molecule has 0 aliphatic carbocycles. The lowest BCUT2D eigenvalue weighted by atomic mass is 10.0. The van der Waals surface area contributed by atoms with Crippen molar-refractivity contribution in [2.45, 2.75) is 32.4 Å². The fourth-order valence-electron chi connectivity index (χ4n) is 2.85. The summed E-state index contributed by atoms with van der Waals surface area (Å²) in [5, 5.41) is 2.79. The molecule has 2 amide bonds. The highest BCUT2D eigenvalue weighted by Gasteiger charge is 2.30. The van der Waals surface area contributed by atoms with Crippen LogP contribution in [0.5, 0.6) is 0 Å². The summed E-state index contributed by atoms with van der Waals surface area (Å²) >= 11 is 0. The van der Waals surface area contributed by atoms with Crippen LogP contribution in [0.2, 0.25) is 0 Å². The SMILES string of the molecule is C=CCNC(=O)[C@H](c1ccccc1)N(Cc1ccc(F)cc1)C(=O)CCC. The molecule has 0 fully saturated rings. The van der Waals surface area contributed by atoms with E-state index in [4.69, 9.17) is 0 Å².